The molecule has 1 aliphatic heterocycles. The second-order valence-corrected chi connectivity index (χ2v) is 4.64. The molecule has 2 unspecified atom stereocenters. The lowest BCUT2D eigenvalue weighted by Gasteiger charge is -2.18. The van der Waals surface area contributed by atoms with Crippen molar-refractivity contribution in [1.29, 1.82) is 0 Å². The lowest BCUT2D eigenvalue weighted by atomic mass is 10.4. The molecule has 3 rings (SSSR count). The molecular weight excluding hydrogens is 214 g/mol. The quantitative estimate of drug-likeness (QED) is 0.819. The van der Waals surface area contributed by atoms with Crippen LogP contribution in [0.4, 0.5) is 5.82 Å². The monoisotopic (exact) mass is 225 g/mol. The number of rotatable bonds is 2. The molecule has 1 saturated heterocycles. The van der Waals surface area contributed by atoms with Crippen molar-refractivity contribution < 1.29 is 5.11 Å². The summed E-state index contributed by atoms with van der Waals surface area (Å²) in [5.41, 5.74) is 0.449. The fourth-order valence-corrected chi connectivity index (χ4v) is 2.42. The van der Waals surface area contributed by atoms with Crippen molar-refractivity contribution in [2.24, 2.45) is 11.8 Å². The molecule has 0 bridgehead atoms. The maximum absolute atomic E-state index is 8.92. The van der Waals surface area contributed by atoms with E-state index in [4.69, 9.17) is 16.7 Å². The lowest BCUT2D eigenvalue weighted by molar-refractivity contribution is 0.276. The van der Waals surface area contributed by atoms with Crippen LogP contribution in [0.5, 0.6) is 0 Å². The van der Waals surface area contributed by atoms with Gasteiger partial charge in [0.2, 0.25) is 0 Å². The fraction of sp³-hybridized carbons (Fsp3) is 0.600. The summed E-state index contributed by atoms with van der Waals surface area (Å²) in [7, 11) is 0. The Bertz CT molecular complexity index is 388. The Morgan fingerprint density at radius 3 is 2.80 bits per heavy atom. The van der Waals surface area contributed by atoms with Gasteiger partial charge in [-0.05, 0) is 18.3 Å². The van der Waals surface area contributed by atoms with Crippen molar-refractivity contribution in [3.63, 3.8) is 0 Å². The zero-order valence-electron chi connectivity index (χ0n) is 8.23. The van der Waals surface area contributed by atoms with Gasteiger partial charge in [0.05, 0.1) is 12.8 Å². The Hall–Kier alpha value is -0.870. The minimum absolute atomic E-state index is 0.155. The van der Waals surface area contributed by atoms with Crippen LogP contribution >= 0.6 is 11.6 Å². The molecule has 1 aromatic rings. The van der Waals surface area contributed by atoms with Crippen LogP contribution in [0.1, 0.15) is 12.1 Å². The summed E-state index contributed by atoms with van der Waals surface area (Å²) in [5, 5.41) is 9.24. The molecule has 0 radical (unpaired) electrons. The molecule has 0 aromatic carbocycles. The minimum atomic E-state index is -0.155. The van der Waals surface area contributed by atoms with Gasteiger partial charge < -0.3 is 10.0 Å². The summed E-state index contributed by atoms with van der Waals surface area (Å²) in [4.78, 5) is 10.6. The molecule has 1 N–H and O–H groups in total. The van der Waals surface area contributed by atoms with Crippen molar-refractivity contribution in [2.75, 3.05) is 18.0 Å². The molecule has 1 aromatic heterocycles. The van der Waals surface area contributed by atoms with Gasteiger partial charge in [0.25, 0.3) is 0 Å². The topological polar surface area (TPSA) is 49.3 Å². The maximum atomic E-state index is 8.92. The Morgan fingerprint density at radius 2 is 2.20 bits per heavy atom. The van der Waals surface area contributed by atoms with Crippen molar-refractivity contribution in [2.45, 2.75) is 13.0 Å². The van der Waals surface area contributed by atoms with Crippen molar-refractivity contribution in [3.05, 3.63) is 17.0 Å². The standard InChI is InChI=1S/C10H12ClN3O/c11-10-8(5-15)12-2-9(13-10)14-3-6-1-7(6)4-14/h2,6-7,15H,1,3-5H2. The van der Waals surface area contributed by atoms with E-state index in [1.54, 1.807) is 6.20 Å². The van der Waals surface area contributed by atoms with Crippen LogP contribution in [0.15, 0.2) is 6.20 Å². The van der Waals surface area contributed by atoms with E-state index >= 15 is 0 Å². The van der Waals surface area contributed by atoms with E-state index in [1.165, 1.54) is 6.42 Å². The molecule has 5 heteroatoms. The van der Waals surface area contributed by atoms with Gasteiger partial charge >= 0.3 is 0 Å². The van der Waals surface area contributed by atoms with E-state index in [9.17, 15) is 0 Å². The summed E-state index contributed by atoms with van der Waals surface area (Å²) in [6.45, 7) is 2.00. The summed E-state index contributed by atoms with van der Waals surface area (Å²) < 4.78 is 0. The van der Waals surface area contributed by atoms with Crippen molar-refractivity contribution in [3.8, 4) is 0 Å². The molecule has 0 spiro atoms. The van der Waals surface area contributed by atoms with E-state index in [-0.39, 0.29) is 6.61 Å². The summed E-state index contributed by atoms with van der Waals surface area (Å²) in [6, 6.07) is 0. The third-order valence-corrected chi connectivity index (χ3v) is 3.54. The first-order valence-electron chi connectivity index (χ1n) is 5.15. The molecule has 15 heavy (non-hydrogen) atoms. The number of hydrogen-bond donors (Lipinski definition) is 1. The van der Waals surface area contributed by atoms with Crippen LogP contribution in [0.3, 0.4) is 0 Å². The van der Waals surface area contributed by atoms with Crippen molar-refractivity contribution in [1.82, 2.24) is 9.97 Å². The molecule has 4 nitrogen and oxygen atoms in total. The molecule has 0 amide bonds. The Morgan fingerprint density at radius 1 is 1.47 bits per heavy atom. The second kappa shape index (κ2) is 3.32. The molecule has 80 valence electrons. The number of aromatic nitrogens is 2. The Balaban J connectivity index is 1.83. The van der Waals surface area contributed by atoms with Gasteiger partial charge in [0.1, 0.15) is 11.5 Å². The molecular formula is C10H12ClN3O. The van der Waals surface area contributed by atoms with Crippen LogP contribution in [0, 0.1) is 11.8 Å². The zero-order chi connectivity index (χ0) is 10.4. The highest BCUT2D eigenvalue weighted by molar-refractivity contribution is 6.30. The predicted octanol–water partition coefficient (Wildman–Crippen LogP) is 1.08. The number of nitrogens with zero attached hydrogens (tertiary/aromatic N) is 3. The first-order chi connectivity index (χ1) is 7.28. The van der Waals surface area contributed by atoms with Crippen LogP contribution in [0.25, 0.3) is 0 Å². The van der Waals surface area contributed by atoms with Gasteiger partial charge in [0, 0.05) is 13.1 Å². The average Bonchev–Trinajstić information content (AvgIpc) is 2.86. The molecule has 1 aliphatic carbocycles. The first kappa shape index (κ1) is 9.36. The highest BCUT2D eigenvalue weighted by Crippen LogP contribution is 2.45. The van der Waals surface area contributed by atoms with E-state index in [0.29, 0.717) is 10.8 Å². The van der Waals surface area contributed by atoms with Gasteiger partial charge in [-0.1, -0.05) is 11.6 Å². The zero-order valence-corrected chi connectivity index (χ0v) is 8.98. The third kappa shape index (κ3) is 1.58. The fourth-order valence-electron chi connectivity index (χ4n) is 2.23. The number of anilines is 1. The van der Waals surface area contributed by atoms with Crippen molar-refractivity contribution >= 4 is 17.4 Å². The minimum Gasteiger partial charge on any atom is -0.390 e. The number of aliphatic hydroxyl groups is 1. The van der Waals surface area contributed by atoms with Crippen LogP contribution in [-0.2, 0) is 6.61 Å². The van der Waals surface area contributed by atoms with E-state index < -0.39 is 0 Å². The number of piperidine rings is 1. The summed E-state index contributed by atoms with van der Waals surface area (Å²) >= 11 is 5.90. The van der Waals surface area contributed by atoms with E-state index in [2.05, 4.69) is 14.9 Å². The molecule has 2 aliphatic rings. The van der Waals surface area contributed by atoms with Crippen LogP contribution < -0.4 is 4.90 Å². The van der Waals surface area contributed by atoms with Gasteiger partial charge in [-0.2, -0.15) is 0 Å². The highest BCUT2D eigenvalue weighted by atomic mass is 35.5. The normalized spacial score (nSPS) is 28.0. The molecule has 2 fully saturated rings. The summed E-state index contributed by atoms with van der Waals surface area (Å²) in [5.74, 6) is 2.57. The second-order valence-electron chi connectivity index (χ2n) is 4.28. The number of fused-ring (bicyclic) bond motifs is 1. The van der Waals surface area contributed by atoms with Gasteiger partial charge in [-0.3, -0.25) is 4.98 Å². The number of hydrogen-bond acceptors (Lipinski definition) is 4. The SMILES string of the molecule is OCc1ncc(N2CC3CC3C2)nc1Cl. The Labute approximate surface area is 92.9 Å². The predicted molar refractivity (Wildman–Crippen MR) is 56.8 cm³/mol. The first-order valence-corrected chi connectivity index (χ1v) is 5.53. The Kier molecular flexibility index (Phi) is 2.07. The number of aliphatic hydroxyl groups excluding tert-OH is 1. The number of halogens is 1. The smallest absolute Gasteiger partial charge is 0.155 e. The third-order valence-electron chi connectivity index (χ3n) is 3.24. The van der Waals surface area contributed by atoms with Crippen LogP contribution in [0.2, 0.25) is 5.15 Å². The van der Waals surface area contributed by atoms with Crippen LogP contribution in [-0.4, -0.2) is 28.2 Å². The molecule has 1 saturated carbocycles. The highest BCUT2D eigenvalue weighted by Gasteiger charge is 2.45. The van der Waals surface area contributed by atoms with Gasteiger partial charge in [-0.25, -0.2) is 4.98 Å². The molecule has 2 atom stereocenters. The van der Waals surface area contributed by atoms with Gasteiger partial charge in [-0.15, -0.1) is 0 Å². The lowest BCUT2D eigenvalue weighted by Crippen LogP contribution is -2.23. The molecule has 2 heterocycles. The largest absolute Gasteiger partial charge is 0.390 e. The van der Waals surface area contributed by atoms with E-state index in [1.807, 2.05) is 0 Å². The maximum Gasteiger partial charge on any atom is 0.155 e. The van der Waals surface area contributed by atoms with E-state index in [0.717, 1.165) is 30.7 Å². The summed E-state index contributed by atoms with van der Waals surface area (Å²) in [6.07, 6.45) is 3.06. The average molecular weight is 226 g/mol. The van der Waals surface area contributed by atoms with Gasteiger partial charge in [0.15, 0.2) is 5.15 Å².